The molecule has 0 aliphatic carbocycles. The summed E-state index contributed by atoms with van der Waals surface area (Å²) in [7, 11) is 1.50. The number of halogens is 2. The number of hydrogen-bond acceptors (Lipinski definition) is 3. The molecule has 24 heavy (non-hydrogen) atoms. The van der Waals surface area contributed by atoms with Crippen LogP contribution in [0.3, 0.4) is 0 Å². The maximum atomic E-state index is 12.4. The van der Waals surface area contributed by atoms with Crippen molar-refractivity contribution in [3.63, 3.8) is 0 Å². The quantitative estimate of drug-likeness (QED) is 0.747. The molecule has 1 heterocycles. The van der Waals surface area contributed by atoms with Crippen molar-refractivity contribution in [2.75, 3.05) is 12.4 Å². The second-order valence-corrected chi connectivity index (χ2v) is 5.82. The summed E-state index contributed by atoms with van der Waals surface area (Å²) < 4.78 is 6.84. The lowest BCUT2D eigenvalue weighted by Crippen LogP contribution is -2.13. The highest BCUT2D eigenvalue weighted by atomic mass is 35.5. The fraction of sp³-hybridized carbons (Fsp3) is 0.0588. The van der Waals surface area contributed by atoms with E-state index in [0.717, 1.165) is 5.69 Å². The van der Waals surface area contributed by atoms with Gasteiger partial charge in [-0.15, -0.1) is 0 Å². The lowest BCUT2D eigenvalue weighted by Gasteiger charge is -2.10. The second kappa shape index (κ2) is 6.95. The van der Waals surface area contributed by atoms with Crippen LogP contribution < -0.4 is 10.1 Å². The third-order valence-corrected chi connectivity index (χ3v) is 3.78. The molecule has 0 aliphatic rings. The molecule has 0 saturated heterocycles. The molecule has 2 aromatic carbocycles. The fourth-order valence-corrected chi connectivity index (χ4v) is 2.50. The highest BCUT2D eigenvalue weighted by Crippen LogP contribution is 2.24. The van der Waals surface area contributed by atoms with E-state index >= 15 is 0 Å². The van der Waals surface area contributed by atoms with Crippen LogP contribution >= 0.6 is 23.2 Å². The Balaban J connectivity index is 1.79. The van der Waals surface area contributed by atoms with E-state index in [0.29, 0.717) is 27.0 Å². The van der Waals surface area contributed by atoms with Crippen molar-refractivity contribution in [2.45, 2.75) is 0 Å². The number of benzene rings is 2. The van der Waals surface area contributed by atoms with Crippen molar-refractivity contribution >= 4 is 34.8 Å². The van der Waals surface area contributed by atoms with Gasteiger partial charge in [-0.05, 0) is 42.5 Å². The van der Waals surface area contributed by atoms with Crippen molar-refractivity contribution in [1.29, 1.82) is 0 Å². The van der Waals surface area contributed by atoms with Gasteiger partial charge in [0.25, 0.3) is 5.91 Å². The predicted molar refractivity (Wildman–Crippen MR) is 94.5 cm³/mol. The number of amides is 1. The Labute approximate surface area is 148 Å². The summed E-state index contributed by atoms with van der Waals surface area (Å²) in [5.74, 6) is 0.156. The molecule has 0 unspecified atom stereocenters. The zero-order chi connectivity index (χ0) is 17.1. The van der Waals surface area contributed by atoms with Gasteiger partial charge in [-0.3, -0.25) is 4.79 Å². The molecule has 0 saturated carbocycles. The van der Waals surface area contributed by atoms with Crippen LogP contribution in [0.25, 0.3) is 5.69 Å². The molecule has 0 fully saturated rings. The van der Waals surface area contributed by atoms with Crippen LogP contribution in [-0.2, 0) is 0 Å². The van der Waals surface area contributed by atoms with Gasteiger partial charge in [0.2, 0.25) is 0 Å². The molecule has 3 rings (SSSR count). The highest BCUT2D eigenvalue weighted by molar-refractivity contribution is 6.31. The number of rotatable bonds is 4. The molecular formula is C17H13Cl2N3O2. The number of carbonyl (C=O) groups excluding carboxylic acids is 1. The number of hydrogen-bond donors (Lipinski definition) is 1. The minimum atomic E-state index is -0.302. The molecule has 0 radical (unpaired) electrons. The molecule has 3 aromatic rings. The smallest absolute Gasteiger partial charge is 0.259 e. The molecule has 1 aromatic heterocycles. The van der Waals surface area contributed by atoms with E-state index < -0.39 is 0 Å². The SMILES string of the molecule is COc1ccc(Cl)cc1C(=O)Nc1ccc(-n2cc(Cl)cn2)cc1. The van der Waals surface area contributed by atoms with Gasteiger partial charge in [0.15, 0.2) is 0 Å². The van der Waals surface area contributed by atoms with Crippen molar-refractivity contribution in [3.8, 4) is 11.4 Å². The summed E-state index contributed by atoms with van der Waals surface area (Å²) in [5.41, 5.74) is 1.84. The van der Waals surface area contributed by atoms with Crippen molar-refractivity contribution in [2.24, 2.45) is 0 Å². The fourth-order valence-electron chi connectivity index (χ4n) is 2.20. The van der Waals surface area contributed by atoms with Crippen LogP contribution in [-0.4, -0.2) is 22.8 Å². The van der Waals surface area contributed by atoms with Gasteiger partial charge >= 0.3 is 0 Å². The Hall–Kier alpha value is -2.50. The lowest BCUT2D eigenvalue weighted by molar-refractivity contribution is 0.102. The Kier molecular flexibility index (Phi) is 4.74. The van der Waals surface area contributed by atoms with Gasteiger partial charge in [0.1, 0.15) is 5.75 Å². The maximum Gasteiger partial charge on any atom is 0.259 e. The summed E-state index contributed by atoms with van der Waals surface area (Å²) >= 11 is 11.8. The van der Waals surface area contributed by atoms with Gasteiger partial charge in [0.05, 0.1) is 29.6 Å². The van der Waals surface area contributed by atoms with E-state index in [4.69, 9.17) is 27.9 Å². The standard InChI is InChI=1S/C17H13Cl2N3O2/c1-24-16-7-2-11(18)8-15(16)17(23)21-13-3-5-14(6-4-13)22-10-12(19)9-20-22/h2-10H,1H3,(H,21,23). The summed E-state index contributed by atoms with van der Waals surface area (Å²) in [5, 5.41) is 7.95. The molecule has 1 amide bonds. The van der Waals surface area contributed by atoms with E-state index in [2.05, 4.69) is 10.4 Å². The number of nitrogens with one attached hydrogen (secondary N) is 1. The highest BCUT2D eigenvalue weighted by Gasteiger charge is 2.13. The Morgan fingerprint density at radius 2 is 1.88 bits per heavy atom. The Morgan fingerprint density at radius 3 is 2.50 bits per heavy atom. The molecule has 1 N–H and O–H groups in total. The van der Waals surface area contributed by atoms with Gasteiger partial charge < -0.3 is 10.1 Å². The minimum absolute atomic E-state index is 0.302. The summed E-state index contributed by atoms with van der Waals surface area (Å²) in [4.78, 5) is 12.4. The van der Waals surface area contributed by atoms with Crippen LogP contribution in [0.5, 0.6) is 5.75 Å². The first-order valence-corrected chi connectivity index (χ1v) is 7.78. The maximum absolute atomic E-state index is 12.4. The molecule has 7 heteroatoms. The van der Waals surface area contributed by atoms with Crippen molar-refractivity contribution < 1.29 is 9.53 Å². The molecule has 122 valence electrons. The summed E-state index contributed by atoms with van der Waals surface area (Å²) in [6, 6.07) is 12.1. The first-order chi connectivity index (χ1) is 11.6. The van der Waals surface area contributed by atoms with E-state index in [9.17, 15) is 4.79 Å². The number of ether oxygens (including phenoxy) is 1. The average Bonchev–Trinajstić information content (AvgIpc) is 3.02. The van der Waals surface area contributed by atoms with Crippen LogP contribution in [0.1, 0.15) is 10.4 Å². The number of methoxy groups -OCH3 is 1. The lowest BCUT2D eigenvalue weighted by atomic mass is 10.1. The molecular weight excluding hydrogens is 349 g/mol. The predicted octanol–water partition coefficient (Wildman–Crippen LogP) is 4.44. The number of nitrogens with zero attached hydrogens (tertiary/aromatic N) is 2. The zero-order valence-electron chi connectivity index (χ0n) is 12.7. The minimum Gasteiger partial charge on any atom is -0.496 e. The van der Waals surface area contributed by atoms with Crippen LogP contribution in [0.4, 0.5) is 5.69 Å². The topological polar surface area (TPSA) is 56.1 Å². The molecule has 0 atom stereocenters. The molecule has 0 spiro atoms. The zero-order valence-corrected chi connectivity index (χ0v) is 14.2. The normalized spacial score (nSPS) is 10.5. The third-order valence-electron chi connectivity index (χ3n) is 3.35. The first-order valence-electron chi connectivity index (χ1n) is 7.02. The number of aromatic nitrogens is 2. The monoisotopic (exact) mass is 361 g/mol. The molecule has 0 aliphatic heterocycles. The first kappa shape index (κ1) is 16.4. The van der Waals surface area contributed by atoms with Gasteiger partial charge in [-0.25, -0.2) is 4.68 Å². The van der Waals surface area contributed by atoms with Gasteiger partial charge in [-0.1, -0.05) is 23.2 Å². The van der Waals surface area contributed by atoms with Crippen LogP contribution in [0.2, 0.25) is 10.0 Å². The van der Waals surface area contributed by atoms with Crippen LogP contribution in [0, 0.1) is 0 Å². The average molecular weight is 362 g/mol. The number of carbonyl (C=O) groups is 1. The van der Waals surface area contributed by atoms with Crippen molar-refractivity contribution in [1.82, 2.24) is 9.78 Å². The van der Waals surface area contributed by atoms with E-state index in [1.165, 1.54) is 7.11 Å². The van der Waals surface area contributed by atoms with E-state index in [1.807, 2.05) is 12.1 Å². The Morgan fingerprint density at radius 1 is 1.12 bits per heavy atom. The van der Waals surface area contributed by atoms with Gasteiger partial charge in [-0.2, -0.15) is 5.10 Å². The number of anilines is 1. The largest absolute Gasteiger partial charge is 0.496 e. The second-order valence-electron chi connectivity index (χ2n) is 4.95. The Bertz CT molecular complexity index is 876. The van der Waals surface area contributed by atoms with Crippen LogP contribution in [0.15, 0.2) is 54.9 Å². The summed E-state index contributed by atoms with van der Waals surface area (Å²) in [6.45, 7) is 0. The summed E-state index contributed by atoms with van der Waals surface area (Å²) in [6.07, 6.45) is 3.26. The van der Waals surface area contributed by atoms with Crippen molar-refractivity contribution in [3.05, 3.63) is 70.5 Å². The van der Waals surface area contributed by atoms with E-state index in [1.54, 1.807) is 47.4 Å². The molecule has 5 nitrogen and oxygen atoms in total. The molecule has 0 bridgehead atoms. The van der Waals surface area contributed by atoms with Gasteiger partial charge in [0, 0.05) is 16.9 Å². The third kappa shape index (κ3) is 3.53. The van der Waals surface area contributed by atoms with E-state index in [-0.39, 0.29) is 5.91 Å².